The number of carbonyl (C=O) groups is 1. The van der Waals surface area contributed by atoms with E-state index in [1.54, 1.807) is 0 Å². The van der Waals surface area contributed by atoms with Gasteiger partial charge in [0.2, 0.25) is 5.91 Å². The fourth-order valence-electron chi connectivity index (χ4n) is 1.54. The number of carbonyl (C=O) groups excluding carboxylic acids is 1. The van der Waals surface area contributed by atoms with Crippen LogP contribution >= 0.6 is 0 Å². The van der Waals surface area contributed by atoms with Crippen LogP contribution in [0.5, 0.6) is 0 Å². The first-order valence-electron chi connectivity index (χ1n) is 5.42. The van der Waals surface area contributed by atoms with Crippen molar-refractivity contribution in [1.82, 2.24) is 5.32 Å². The Labute approximate surface area is 92.1 Å². The molecule has 0 aliphatic rings. The predicted octanol–water partition coefficient (Wildman–Crippen LogP) is 0.934. The number of primary amides is 1. The highest BCUT2D eigenvalue weighted by Gasteiger charge is 2.18. The minimum atomic E-state index is -0.193. The maximum absolute atomic E-state index is 11.1. The molecule has 4 nitrogen and oxygen atoms in total. The molecule has 5 N–H and O–H groups in total. The molecule has 0 aromatic rings. The van der Waals surface area contributed by atoms with Crippen molar-refractivity contribution in [1.29, 1.82) is 0 Å². The van der Waals surface area contributed by atoms with Crippen molar-refractivity contribution < 1.29 is 4.79 Å². The van der Waals surface area contributed by atoms with Gasteiger partial charge in [-0.3, -0.25) is 4.79 Å². The van der Waals surface area contributed by atoms with Crippen molar-refractivity contribution in [3.05, 3.63) is 12.4 Å². The summed E-state index contributed by atoms with van der Waals surface area (Å²) in [5.41, 5.74) is 10.7. The summed E-state index contributed by atoms with van der Waals surface area (Å²) < 4.78 is 0. The molecule has 1 amide bonds. The molecule has 0 aliphatic heterocycles. The molecule has 0 fully saturated rings. The lowest BCUT2D eigenvalue weighted by Crippen LogP contribution is -2.27. The van der Waals surface area contributed by atoms with Crippen LogP contribution in [0.15, 0.2) is 12.4 Å². The van der Waals surface area contributed by atoms with Crippen LogP contribution in [0.25, 0.3) is 0 Å². The van der Waals surface area contributed by atoms with Crippen molar-refractivity contribution in [2.75, 3.05) is 6.54 Å². The van der Waals surface area contributed by atoms with Gasteiger partial charge < -0.3 is 16.8 Å². The third kappa shape index (κ3) is 6.82. The third-order valence-electron chi connectivity index (χ3n) is 2.46. The number of nitrogens with two attached hydrogens (primary N) is 2. The first kappa shape index (κ1) is 13.8. The molecule has 0 saturated heterocycles. The van der Waals surface area contributed by atoms with Crippen LogP contribution in [0.2, 0.25) is 0 Å². The summed E-state index contributed by atoms with van der Waals surface area (Å²) in [5, 5.41) is 2.94. The van der Waals surface area contributed by atoms with Crippen LogP contribution in [0.4, 0.5) is 0 Å². The van der Waals surface area contributed by atoms with Crippen LogP contribution in [-0.2, 0) is 4.79 Å². The standard InChI is InChI=1S/C11H23N3O/c1-8(2)10(11(13)15)6-4-5-7-14-9(3)12/h8,10,14H,3-7,12H2,1-2H3,(H2,13,15)/t10-/m1/s1. The monoisotopic (exact) mass is 213 g/mol. The Morgan fingerprint density at radius 2 is 1.93 bits per heavy atom. The summed E-state index contributed by atoms with van der Waals surface area (Å²) in [6.07, 6.45) is 2.81. The lowest BCUT2D eigenvalue weighted by atomic mass is 9.90. The zero-order valence-electron chi connectivity index (χ0n) is 9.75. The molecule has 0 unspecified atom stereocenters. The van der Waals surface area contributed by atoms with Gasteiger partial charge in [-0.25, -0.2) is 0 Å². The van der Waals surface area contributed by atoms with Crippen LogP contribution in [-0.4, -0.2) is 12.5 Å². The second-order valence-electron chi connectivity index (χ2n) is 4.20. The smallest absolute Gasteiger partial charge is 0.220 e. The lowest BCUT2D eigenvalue weighted by Gasteiger charge is -2.16. The highest BCUT2D eigenvalue weighted by atomic mass is 16.1. The van der Waals surface area contributed by atoms with Gasteiger partial charge in [-0.2, -0.15) is 0 Å². The van der Waals surface area contributed by atoms with Crippen molar-refractivity contribution in [3.63, 3.8) is 0 Å². The molecule has 0 radical (unpaired) electrons. The topological polar surface area (TPSA) is 81.1 Å². The first-order chi connectivity index (χ1) is 6.95. The third-order valence-corrected chi connectivity index (χ3v) is 2.46. The van der Waals surface area contributed by atoms with E-state index in [2.05, 4.69) is 11.9 Å². The van der Waals surface area contributed by atoms with Gasteiger partial charge in [0.05, 0.1) is 5.82 Å². The van der Waals surface area contributed by atoms with Crippen molar-refractivity contribution in [2.45, 2.75) is 33.1 Å². The number of nitrogens with one attached hydrogen (secondary N) is 1. The van der Waals surface area contributed by atoms with Crippen molar-refractivity contribution in [2.24, 2.45) is 23.3 Å². The normalized spacial score (nSPS) is 12.5. The minimum absolute atomic E-state index is 0.00826. The van der Waals surface area contributed by atoms with Crippen LogP contribution in [0, 0.1) is 11.8 Å². The Bertz CT molecular complexity index is 214. The Morgan fingerprint density at radius 1 is 1.33 bits per heavy atom. The summed E-state index contributed by atoms with van der Waals surface area (Å²) in [6, 6.07) is 0. The molecule has 1 atom stereocenters. The highest BCUT2D eigenvalue weighted by molar-refractivity contribution is 5.76. The molecule has 0 saturated carbocycles. The van der Waals surface area contributed by atoms with Gasteiger partial charge in [0.15, 0.2) is 0 Å². The number of hydrogen-bond donors (Lipinski definition) is 3. The SMILES string of the molecule is C=C(N)NCCCC[C@@H](C(N)=O)C(C)C. The molecule has 0 heterocycles. The van der Waals surface area contributed by atoms with E-state index in [1.807, 2.05) is 13.8 Å². The van der Waals surface area contributed by atoms with E-state index in [1.165, 1.54) is 0 Å². The van der Waals surface area contributed by atoms with Crippen LogP contribution < -0.4 is 16.8 Å². The summed E-state index contributed by atoms with van der Waals surface area (Å²) in [7, 11) is 0. The molecule has 0 rings (SSSR count). The fraction of sp³-hybridized carbons (Fsp3) is 0.727. The number of amides is 1. The Hall–Kier alpha value is -1.19. The van der Waals surface area contributed by atoms with Crippen molar-refractivity contribution >= 4 is 5.91 Å². The summed E-state index contributed by atoms with van der Waals surface area (Å²) in [6.45, 7) is 8.39. The molecule has 88 valence electrons. The second-order valence-corrected chi connectivity index (χ2v) is 4.20. The van der Waals surface area contributed by atoms with E-state index in [0.29, 0.717) is 11.7 Å². The first-order valence-corrected chi connectivity index (χ1v) is 5.42. The summed E-state index contributed by atoms with van der Waals surface area (Å²) in [4.78, 5) is 11.1. The Kier molecular flexibility index (Phi) is 6.58. The van der Waals surface area contributed by atoms with Crippen molar-refractivity contribution in [3.8, 4) is 0 Å². The van der Waals surface area contributed by atoms with E-state index < -0.39 is 0 Å². The quantitative estimate of drug-likeness (QED) is 0.525. The van der Waals surface area contributed by atoms with Crippen LogP contribution in [0.3, 0.4) is 0 Å². The van der Waals surface area contributed by atoms with E-state index >= 15 is 0 Å². The Balaban J connectivity index is 3.63. The van der Waals surface area contributed by atoms with E-state index in [9.17, 15) is 4.79 Å². The largest absolute Gasteiger partial charge is 0.386 e. The number of unbranched alkanes of at least 4 members (excludes halogenated alkanes) is 1. The molecular weight excluding hydrogens is 190 g/mol. The molecule has 0 bridgehead atoms. The summed E-state index contributed by atoms with van der Waals surface area (Å²) >= 11 is 0. The second kappa shape index (κ2) is 7.15. The highest BCUT2D eigenvalue weighted by Crippen LogP contribution is 2.17. The van der Waals surface area contributed by atoms with Crippen LogP contribution in [0.1, 0.15) is 33.1 Å². The molecular formula is C11H23N3O. The number of hydrogen-bond acceptors (Lipinski definition) is 3. The average Bonchev–Trinajstić information content (AvgIpc) is 2.08. The van der Waals surface area contributed by atoms with Gasteiger partial charge >= 0.3 is 0 Å². The van der Waals surface area contributed by atoms with Gasteiger partial charge in [-0.1, -0.05) is 26.8 Å². The van der Waals surface area contributed by atoms with Gasteiger partial charge in [-0.15, -0.1) is 0 Å². The summed E-state index contributed by atoms with van der Waals surface area (Å²) in [5.74, 6) is 0.609. The molecule has 0 aromatic heterocycles. The maximum atomic E-state index is 11.1. The van der Waals surface area contributed by atoms with Gasteiger partial charge in [0.25, 0.3) is 0 Å². The van der Waals surface area contributed by atoms with Gasteiger partial charge in [-0.05, 0) is 18.8 Å². The molecule has 0 aromatic carbocycles. The molecule has 15 heavy (non-hydrogen) atoms. The maximum Gasteiger partial charge on any atom is 0.220 e. The molecule has 0 aliphatic carbocycles. The zero-order chi connectivity index (χ0) is 11.8. The minimum Gasteiger partial charge on any atom is -0.386 e. The van der Waals surface area contributed by atoms with E-state index in [-0.39, 0.29) is 11.8 Å². The molecule has 4 heteroatoms. The molecule has 0 spiro atoms. The number of rotatable bonds is 8. The Morgan fingerprint density at radius 3 is 2.33 bits per heavy atom. The van der Waals surface area contributed by atoms with Gasteiger partial charge in [0.1, 0.15) is 0 Å². The average molecular weight is 213 g/mol. The van der Waals surface area contributed by atoms with Gasteiger partial charge in [0, 0.05) is 12.5 Å². The predicted molar refractivity (Wildman–Crippen MR) is 62.7 cm³/mol. The van der Waals surface area contributed by atoms with E-state index in [0.717, 1.165) is 25.8 Å². The fourth-order valence-corrected chi connectivity index (χ4v) is 1.54. The lowest BCUT2D eigenvalue weighted by molar-refractivity contribution is -0.123. The zero-order valence-corrected chi connectivity index (χ0v) is 9.75. The van der Waals surface area contributed by atoms with E-state index in [4.69, 9.17) is 11.5 Å².